The number of sulfonamides is 1. The molecule has 31 heavy (non-hydrogen) atoms. The number of benzene rings is 3. The number of methoxy groups -OCH3 is 1. The summed E-state index contributed by atoms with van der Waals surface area (Å²) in [5.74, 6) is 0.679. The minimum absolute atomic E-state index is 0.106. The number of nitrogens with zero attached hydrogens (tertiary/aromatic N) is 2. The Morgan fingerprint density at radius 3 is 1.87 bits per heavy atom. The average Bonchev–Trinajstić information content (AvgIpc) is 2.81. The lowest BCUT2D eigenvalue weighted by atomic mass is 9.96. The van der Waals surface area contributed by atoms with E-state index in [0.29, 0.717) is 36.8 Å². The second-order valence-electron chi connectivity index (χ2n) is 7.46. The molecular formula is C24H25IN2O3S. The number of rotatable bonds is 6. The fourth-order valence-corrected chi connectivity index (χ4v) is 6.44. The van der Waals surface area contributed by atoms with Gasteiger partial charge in [0.2, 0.25) is 10.0 Å². The lowest BCUT2D eigenvalue weighted by Gasteiger charge is -2.39. The Labute approximate surface area is 197 Å². The van der Waals surface area contributed by atoms with Crippen LogP contribution in [0, 0.1) is 3.57 Å². The normalized spacial score (nSPS) is 15.8. The van der Waals surface area contributed by atoms with E-state index < -0.39 is 10.0 Å². The Balaban J connectivity index is 1.54. The molecule has 1 saturated heterocycles. The van der Waals surface area contributed by atoms with Crippen molar-refractivity contribution in [3.63, 3.8) is 0 Å². The summed E-state index contributed by atoms with van der Waals surface area (Å²) in [7, 11) is -1.96. The molecule has 0 bridgehead atoms. The molecule has 7 heteroatoms. The Morgan fingerprint density at radius 2 is 1.39 bits per heavy atom. The van der Waals surface area contributed by atoms with Gasteiger partial charge in [0.15, 0.2) is 0 Å². The van der Waals surface area contributed by atoms with Crippen molar-refractivity contribution in [2.75, 3.05) is 33.3 Å². The van der Waals surface area contributed by atoms with Crippen molar-refractivity contribution in [2.24, 2.45) is 0 Å². The maximum Gasteiger partial charge on any atom is 0.243 e. The summed E-state index contributed by atoms with van der Waals surface area (Å²) < 4.78 is 34.1. The fraction of sp³-hybridized carbons (Fsp3) is 0.250. The molecule has 0 aromatic heterocycles. The van der Waals surface area contributed by atoms with Crippen molar-refractivity contribution in [3.05, 3.63) is 93.6 Å². The highest BCUT2D eigenvalue weighted by Gasteiger charge is 2.32. The molecule has 3 aromatic rings. The Morgan fingerprint density at radius 1 is 0.839 bits per heavy atom. The maximum absolute atomic E-state index is 13.2. The van der Waals surface area contributed by atoms with Gasteiger partial charge in [-0.1, -0.05) is 60.7 Å². The summed E-state index contributed by atoms with van der Waals surface area (Å²) in [6.07, 6.45) is 0. The van der Waals surface area contributed by atoms with Crippen LogP contribution in [0.3, 0.4) is 0 Å². The number of hydrogen-bond donors (Lipinski definition) is 0. The van der Waals surface area contributed by atoms with Crippen LogP contribution in [0.4, 0.5) is 0 Å². The van der Waals surface area contributed by atoms with Gasteiger partial charge >= 0.3 is 0 Å². The molecule has 0 saturated carbocycles. The molecule has 0 radical (unpaired) electrons. The van der Waals surface area contributed by atoms with Gasteiger partial charge in [0.25, 0.3) is 0 Å². The number of ether oxygens (including phenoxy) is 1. The highest BCUT2D eigenvalue weighted by atomic mass is 127. The van der Waals surface area contributed by atoms with Gasteiger partial charge in [-0.15, -0.1) is 0 Å². The summed E-state index contributed by atoms with van der Waals surface area (Å²) in [5.41, 5.74) is 2.43. The quantitative estimate of drug-likeness (QED) is 0.429. The Hall–Kier alpha value is -1.94. The summed E-state index contributed by atoms with van der Waals surface area (Å²) in [6, 6.07) is 25.9. The van der Waals surface area contributed by atoms with Crippen LogP contribution in [0.15, 0.2) is 83.8 Å². The van der Waals surface area contributed by atoms with Gasteiger partial charge in [0.05, 0.1) is 21.6 Å². The van der Waals surface area contributed by atoms with Crippen LogP contribution < -0.4 is 4.74 Å². The van der Waals surface area contributed by atoms with E-state index in [0.717, 1.165) is 3.57 Å². The predicted molar refractivity (Wildman–Crippen MR) is 131 cm³/mol. The number of halogens is 1. The van der Waals surface area contributed by atoms with E-state index in [4.69, 9.17) is 4.74 Å². The van der Waals surface area contributed by atoms with Crippen molar-refractivity contribution in [1.29, 1.82) is 0 Å². The lowest BCUT2D eigenvalue weighted by molar-refractivity contribution is 0.156. The first-order valence-electron chi connectivity index (χ1n) is 10.2. The molecule has 1 heterocycles. The fourth-order valence-electron chi connectivity index (χ4n) is 4.04. The molecule has 1 aliphatic rings. The first-order chi connectivity index (χ1) is 15.0. The number of hydrogen-bond acceptors (Lipinski definition) is 4. The minimum Gasteiger partial charge on any atom is -0.496 e. The standard InChI is InChI=1S/C24H25IN2O3S/c1-30-23-13-12-21(18-22(23)25)31(28,29)27-16-14-26(15-17-27)24(19-8-4-2-5-9-19)20-10-6-3-7-11-20/h2-13,18,24H,14-17H2,1H3. The van der Waals surface area contributed by atoms with Gasteiger partial charge in [-0.25, -0.2) is 8.42 Å². The number of piperazine rings is 1. The summed E-state index contributed by atoms with van der Waals surface area (Å²) in [4.78, 5) is 2.68. The topological polar surface area (TPSA) is 49.9 Å². The summed E-state index contributed by atoms with van der Waals surface area (Å²) in [6.45, 7) is 2.25. The molecular weight excluding hydrogens is 523 g/mol. The van der Waals surface area contributed by atoms with Crippen LogP contribution in [0.5, 0.6) is 5.75 Å². The highest BCUT2D eigenvalue weighted by Crippen LogP contribution is 2.31. The molecule has 0 unspecified atom stereocenters. The zero-order chi connectivity index (χ0) is 21.8. The predicted octanol–water partition coefficient (Wildman–Crippen LogP) is 4.40. The Kier molecular flexibility index (Phi) is 6.95. The van der Waals surface area contributed by atoms with Crippen LogP contribution in [0.1, 0.15) is 17.2 Å². The van der Waals surface area contributed by atoms with Crippen LogP contribution in [0.25, 0.3) is 0 Å². The average molecular weight is 548 g/mol. The first-order valence-corrected chi connectivity index (χ1v) is 12.7. The Bertz CT molecular complexity index is 1080. The molecule has 0 aliphatic carbocycles. The van der Waals surface area contributed by atoms with Crippen LogP contribution in [-0.4, -0.2) is 50.9 Å². The molecule has 0 amide bonds. The third-order valence-electron chi connectivity index (χ3n) is 5.63. The van der Waals surface area contributed by atoms with Crippen LogP contribution in [0.2, 0.25) is 0 Å². The minimum atomic E-state index is -3.54. The van der Waals surface area contributed by atoms with Crippen molar-refractivity contribution in [2.45, 2.75) is 10.9 Å². The summed E-state index contributed by atoms with van der Waals surface area (Å²) >= 11 is 2.11. The van der Waals surface area contributed by atoms with Gasteiger partial charge in [-0.05, 0) is 51.9 Å². The largest absolute Gasteiger partial charge is 0.496 e. The second-order valence-corrected chi connectivity index (χ2v) is 10.6. The van der Waals surface area contributed by atoms with E-state index in [9.17, 15) is 8.42 Å². The van der Waals surface area contributed by atoms with Gasteiger partial charge in [0, 0.05) is 26.2 Å². The zero-order valence-electron chi connectivity index (χ0n) is 17.3. The van der Waals surface area contributed by atoms with Crippen LogP contribution >= 0.6 is 22.6 Å². The van der Waals surface area contributed by atoms with Crippen molar-refractivity contribution in [1.82, 2.24) is 9.21 Å². The third-order valence-corrected chi connectivity index (χ3v) is 8.37. The van der Waals surface area contributed by atoms with Crippen molar-refractivity contribution in [3.8, 4) is 5.75 Å². The maximum atomic E-state index is 13.2. The molecule has 4 rings (SSSR count). The molecule has 1 fully saturated rings. The molecule has 0 atom stereocenters. The molecule has 5 nitrogen and oxygen atoms in total. The van der Waals surface area contributed by atoms with Crippen molar-refractivity contribution < 1.29 is 13.2 Å². The molecule has 0 spiro atoms. The van der Waals surface area contributed by atoms with E-state index >= 15 is 0 Å². The highest BCUT2D eigenvalue weighted by molar-refractivity contribution is 14.1. The van der Waals surface area contributed by atoms with E-state index in [-0.39, 0.29) is 6.04 Å². The zero-order valence-corrected chi connectivity index (χ0v) is 20.3. The van der Waals surface area contributed by atoms with Gasteiger partial charge < -0.3 is 4.74 Å². The monoisotopic (exact) mass is 548 g/mol. The third kappa shape index (κ3) is 4.79. The molecule has 1 aliphatic heterocycles. The van der Waals surface area contributed by atoms with Gasteiger partial charge in [-0.3, -0.25) is 4.90 Å². The van der Waals surface area contributed by atoms with E-state index in [2.05, 4.69) is 76.0 Å². The first kappa shape index (κ1) is 22.3. The van der Waals surface area contributed by atoms with Crippen LogP contribution in [-0.2, 0) is 10.0 Å². The van der Waals surface area contributed by atoms with E-state index in [1.807, 2.05) is 12.1 Å². The molecule has 0 N–H and O–H groups in total. The van der Waals surface area contributed by atoms with Gasteiger partial charge in [-0.2, -0.15) is 4.31 Å². The SMILES string of the molecule is COc1ccc(S(=O)(=O)N2CCN(C(c3ccccc3)c3ccccc3)CC2)cc1I. The summed E-state index contributed by atoms with van der Waals surface area (Å²) in [5, 5.41) is 0. The second kappa shape index (κ2) is 9.68. The molecule has 162 valence electrons. The van der Waals surface area contributed by atoms with E-state index in [1.54, 1.807) is 29.6 Å². The molecule has 3 aromatic carbocycles. The van der Waals surface area contributed by atoms with E-state index in [1.165, 1.54) is 11.1 Å². The lowest BCUT2D eigenvalue weighted by Crippen LogP contribution is -2.49. The van der Waals surface area contributed by atoms with Gasteiger partial charge in [0.1, 0.15) is 5.75 Å². The smallest absolute Gasteiger partial charge is 0.243 e. The van der Waals surface area contributed by atoms with Crippen molar-refractivity contribution >= 4 is 32.6 Å².